The van der Waals surface area contributed by atoms with E-state index in [0.717, 1.165) is 18.4 Å². The van der Waals surface area contributed by atoms with Crippen LogP contribution in [-0.4, -0.2) is 19.5 Å². The van der Waals surface area contributed by atoms with E-state index >= 15 is 0 Å². The van der Waals surface area contributed by atoms with Gasteiger partial charge in [0.05, 0.1) is 17.4 Å². The molecule has 0 radical (unpaired) electrons. The zero-order valence-electron chi connectivity index (χ0n) is 16.1. The molecular formula is C22H27NO4S. The van der Waals surface area contributed by atoms with Crippen LogP contribution in [-0.2, 0) is 14.8 Å². The summed E-state index contributed by atoms with van der Waals surface area (Å²) in [6.07, 6.45) is 5.70. The molecule has 28 heavy (non-hydrogen) atoms. The molecule has 2 aromatic carbocycles. The van der Waals surface area contributed by atoms with E-state index in [9.17, 15) is 18.3 Å². The van der Waals surface area contributed by atoms with Crippen LogP contribution in [0.1, 0.15) is 67.2 Å². The van der Waals surface area contributed by atoms with Crippen LogP contribution in [0.25, 0.3) is 0 Å². The summed E-state index contributed by atoms with van der Waals surface area (Å²) >= 11 is 0. The van der Waals surface area contributed by atoms with Crippen molar-refractivity contribution in [2.75, 3.05) is 0 Å². The molecule has 6 heteroatoms. The number of carboxylic acids is 1. The highest BCUT2D eigenvalue weighted by Crippen LogP contribution is 2.33. The molecular weight excluding hydrogens is 374 g/mol. The molecule has 0 spiro atoms. The van der Waals surface area contributed by atoms with Crippen LogP contribution in [0.3, 0.4) is 0 Å². The number of aliphatic carboxylic acids is 1. The second kappa shape index (κ2) is 8.88. The number of aryl methyl sites for hydroxylation is 1. The standard InChI is InChI=1S/C22H27NO4S/c1-16-7-9-19(10-8-16)21(15-22(24)25)23-28(26,27)20-13-11-18(12-14-20)17-5-3-2-4-6-17/h7-14,17,21,23H,2-6,15H2,1H3,(H,24,25)/t21-/m1/s1. The Morgan fingerprint density at radius 2 is 1.64 bits per heavy atom. The Morgan fingerprint density at radius 1 is 1.04 bits per heavy atom. The van der Waals surface area contributed by atoms with Gasteiger partial charge in [-0.1, -0.05) is 61.2 Å². The van der Waals surface area contributed by atoms with E-state index in [1.807, 2.05) is 31.2 Å². The lowest BCUT2D eigenvalue weighted by molar-refractivity contribution is -0.137. The van der Waals surface area contributed by atoms with E-state index in [1.165, 1.54) is 24.8 Å². The van der Waals surface area contributed by atoms with E-state index in [2.05, 4.69) is 4.72 Å². The average molecular weight is 402 g/mol. The van der Waals surface area contributed by atoms with Gasteiger partial charge in [0.15, 0.2) is 0 Å². The molecule has 1 atom stereocenters. The van der Waals surface area contributed by atoms with Crippen LogP contribution >= 0.6 is 0 Å². The lowest BCUT2D eigenvalue weighted by Crippen LogP contribution is -2.30. The molecule has 5 nitrogen and oxygen atoms in total. The van der Waals surface area contributed by atoms with Crippen LogP contribution in [0, 0.1) is 6.92 Å². The summed E-state index contributed by atoms with van der Waals surface area (Å²) in [7, 11) is -3.82. The number of nitrogens with one attached hydrogen (secondary N) is 1. The molecule has 1 aliphatic rings. The highest BCUT2D eigenvalue weighted by molar-refractivity contribution is 7.89. The van der Waals surface area contributed by atoms with Gasteiger partial charge in [0.25, 0.3) is 0 Å². The first-order chi connectivity index (χ1) is 13.3. The molecule has 2 aromatic rings. The van der Waals surface area contributed by atoms with Crippen molar-refractivity contribution in [3.63, 3.8) is 0 Å². The van der Waals surface area contributed by atoms with Gasteiger partial charge >= 0.3 is 5.97 Å². The predicted octanol–water partition coefficient (Wildman–Crippen LogP) is 4.54. The fourth-order valence-corrected chi connectivity index (χ4v) is 5.04. The van der Waals surface area contributed by atoms with Crippen LogP contribution < -0.4 is 4.72 Å². The van der Waals surface area contributed by atoms with Gasteiger partial charge in [0.1, 0.15) is 0 Å². The van der Waals surface area contributed by atoms with Gasteiger partial charge in [-0.2, -0.15) is 0 Å². The number of sulfonamides is 1. The van der Waals surface area contributed by atoms with Gasteiger partial charge in [0, 0.05) is 0 Å². The Balaban J connectivity index is 1.79. The first-order valence-corrected chi connectivity index (χ1v) is 11.2. The van der Waals surface area contributed by atoms with Gasteiger partial charge in [-0.05, 0) is 48.9 Å². The minimum absolute atomic E-state index is 0.162. The monoisotopic (exact) mass is 401 g/mol. The Bertz CT molecular complexity index is 899. The summed E-state index contributed by atoms with van der Waals surface area (Å²) in [4.78, 5) is 11.4. The zero-order valence-corrected chi connectivity index (χ0v) is 16.9. The second-order valence-corrected chi connectivity index (χ2v) is 9.30. The van der Waals surface area contributed by atoms with Gasteiger partial charge in [0.2, 0.25) is 10.0 Å². The fraction of sp³-hybridized carbons (Fsp3) is 0.409. The topological polar surface area (TPSA) is 83.5 Å². The van der Waals surface area contributed by atoms with Gasteiger partial charge < -0.3 is 5.11 Å². The summed E-state index contributed by atoms with van der Waals surface area (Å²) in [5, 5.41) is 9.21. The van der Waals surface area contributed by atoms with Crippen molar-refractivity contribution in [1.82, 2.24) is 4.72 Å². The minimum Gasteiger partial charge on any atom is -0.481 e. The second-order valence-electron chi connectivity index (χ2n) is 7.59. The number of benzene rings is 2. The van der Waals surface area contributed by atoms with Crippen molar-refractivity contribution in [3.05, 3.63) is 65.2 Å². The maximum absolute atomic E-state index is 12.8. The average Bonchev–Trinajstić information content (AvgIpc) is 2.68. The third kappa shape index (κ3) is 5.20. The third-order valence-corrected chi connectivity index (χ3v) is 6.91. The summed E-state index contributed by atoms with van der Waals surface area (Å²) < 4.78 is 28.3. The third-order valence-electron chi connectivity index (χ3n) is 5.42. The van der Waals surface area contributed by atoms with Crippen LogP contribution in [0.15, 0.2) is 53.4 Å². The zero-order chi connectivity index (χ0) is 20.1. The number of carbonyl (C=O) groups is 1. The molecule has 1 saturated carbocycles. The Hall–Kier alpha value is -2.18. The molecule has 3 rings (SSSR count). The lowest BCUT2D eigenvalue weighted by atomic mass is 9.84. The smallest absolute Gasteiger partial charge is 0.305 e. The normalized spacial score (nSPS) is 16.6. The van der Waals surface area contributed by atoms with Crippen molar-refractivity contribution in [1.29, 1.82) is 0 Å². The molecule has 0 aliphatic heterocycles. The Morgan fingerprint density at radius 3 is 2.21 bits per heavy atom. The van der Waals surface area contributed by atoms with Crippen LogP contribution in [0.5, 0.6) is 0 Å². The van der Waals surface area contributed by atoms with Crippen molar-refractivity contribution in [2.45, 2.75) is 62.3 Å². The maximum Gasteiger partial charge on any atom is 0.305 e. The molecule has 1 aliphatic carbocycles. The maximum atomic E-state index is 12.8. The van der Waals surface area contributed by atoms with Gasteiger partial charge in [-0.15, -0.1) is 0 Å². The van der Waals surface area contributed by atoms with E-state index in [-0.39, 0.29) is 11.3 Å². The van der Waals surface area contributed by atoms with Gasteiger partial charge in [-0.25, -0.2) is 13.1 Å². The molecule has 0 amide bonds. The molecule has 150 valence electrons. The lowest BCUT2D eigenvalue weighted by Gasteiger charge is -2.22. The van der Waals surface area contributed by atoms with E-state index < -0.39 is 22.0 Å². The van der Waals surface area contributed by atoms with Crippen molar-refractivity contribution in [2.24, 2.45) is 0 Å². The van der Waals surface area contributed by atoms with E-state index in [0.29, 0.717) is 11.5 Å². The predicted molar refractivity (Wildman–Crippen MR) is 109 cm³/mol. The van der Waals surface area contributed by atoms with E-state index in [4.69, 9.17) is 0 Å². The number of rotatable bonds is 7. The number of carboxylic acid groups (broad SMARTS) is 1. The summed E-state index contributed by atoms with van der Waals surface area (Å²) in [5.74, 6) is -0.549. The first kappa shape index (κ1) is 20.6. The summed E-state index contributed by atoms with van der Waals surface area (Å²) in [5.41, 5.74) is 2.84. The molecule has 0 unspecified atom stereocenters. The number of hydrogen-bond acceptors (Lipinski definition) is 3. The molecule has 1 fully saturated rings. The Labute approximate surface area is 166 Å². The quantitative estimate of drug-likeness (QED) is 0.714. The molecule has 0 aromatic heterocycles. The van der Waals surface area contributed by atoms with Crippen molar-refractivity contribution >= 4 is 16.0 Å². The molecule has 0 bridgehead atoms. The fourth-order valence-electron chi connectivity index (χ4n) is 3.81. The Kier molecular flexibility index (Phi) is 6.52. The van der Waals surface area contributed by atoms with Gasteiger partial charge in [-0.3, -0.25) is 4.79 Å². The molecule has 0 heterocycles. The number of hydrogen-bond donors (Lipinski definition) is 2. The largest absolute Gasteiger partial charge is 0.481 e. The van der Waals surface area contributed by atoms with Crippen LogP contribution in [0.2, 0.25) is 0 Å². The highest BCUT2D eigenvalue weighted by Gasteiger charge is 2.24. The highest BCUT2D eigenvalue weighted by atomic mass is 32.2. The van der Waals surface area contributed by atoms with Crippen LogP contribution in [0.4, 0.5) is 0 Å². The summed E-state index contributed by atoms with van der Waals surface area (Å²) in [6, 6.07) is 13.4. The molecule has 0 saturated heterocycles. The molecule has 2 N–H and O–H groups in total. The minimum atomic E-state index is -3.82. The SMILES string of the molecule is Cc1ccc([C@@H](CC(=O)O)NS(=O)(=O)c2ccc(C3CCCCC3)cc2)cc1. The van der Waals surface area contributed by atoms with Crippen molar-refractivity contribution in [3.8, 4) is 0 Å². The van der Waals surface area contributed by atoms with E-state index in [1.54, 1.807) is 24.3 Å². The van der Waals surface area contributed by atoms with Crippen molar-refractivity contribution < 1.29 is 18.3 Å². The summed E-state index contributed by atoms with van der Waals surface area (Å²) in [6.45, 7) is 1.92. The first-order valence-electron chi connectivity index (χ1n) is 9.76.